The van der Waals surface area contributed by atoms with E-state index in [1.165, 1.54) is 0 Å². The fourth-order valence-corrected chi connectivity index (χ4v) is 0.587. The van der Waals surface area contributed by atoms with Gasteiger partial charge in [-0.15, -0.1) is 0 Å². The fraction of sp³-hybridized carbons (Fsp3) is 0.375. The molecular formula is C8H11F3N2O2. The van der Waals surface area contributed by atoms with Crippen LogP contribution in [0.25, 0.3) is 0 Å². The maximum absolute atomic E-state index is 10.6. The van der Waals surface area contributed by atoms with Crippen LogP contribution in [0.15, 0.2) is 24.4 Å². The van der Waals surface area contributed by atoms with Gasteiger partial charge in [-0.05, 0) is 25.3 Å². The smallest absolute Gasteiger partial charge is 0.475 e. The number of halogens is 3. The van der Waals surface area contributed by atoms with Gasteiger partial charge in [0.05, 0.1) is 0 Å². The van der Waals surface area contributed by atoms with E-state index in [9.17, 15) is 13.2 Å². The number of nitrogens with two attached hydrogens (primary N) is 1. The zero-order chi connectivity index (χ0) is 12.1. The van der Waals surface area contributed by atoms with E-state index >= 15 is 0 Å². The van der Waals surface area contributed by atoms with Gasteiger partial charge in [0.25, 0.3) is 0 Å². The second-order valence-corrected chi connectivity index (χ2v) is 2.95. The van der Waals surface area contributed by atoms with Gasteiger partial charge >= 0.3 is 12.1 Å². The maximum atomic E-state index is 10.6. The topological polar surface area (TPSA) is 75.3 Å². The van der Waals surface area contributed by atoms with Crippen molar-refractivity contribution in [1.82, 2.24) is 5.32 Å². The molecule has 1 heterocycles. The largest absolute Gasteiger partial charge is 0.490 e. The van der Waals surface area contributed by atoms with Crippen molar-refractivity contribution in [2.24, 2.45) is 5.73 Å². The van der Waals surface area contributed by atoms with Gasteiger partial charge in [0.1, 0.15) is 5.66 Å². The Balaban J connectivity index is 0.000000265. The van der Waals surface area contributed by atoms with E-state index in [-0.39, 0.29) is 5.66 Å². The molecule has 0 aromatic rings. The molecule has 0 amide bonds. The van der Waals surface area contributed by atoms with E-state index in [4.69, 9.17) is 15.6 Å². The summed E-state index contributed by atoms with van der Waals surface area (Å²) in [5.74, 6) is -2.76. The first-order valence-corrected chi connectivity index (χ1v) is 3.86. The number of hydrogen-bond donors (Lipinski definition) is 3. The van der Waals surface area contributed by atoms with Gasteiger partial charge in [-0.1, -0.05) is 6.08 Å². The lowest BCUT2D eigenvalue weighted by atomic mass is 10.2. The second kappa shape index (κ2) is 4.83. The van der Waals surface area contributed by atoms with Crippen LogP contribution in [0.3, 0.4) is 0 Å². The molecule has 0 bridgehead atoms. The highest BCUT2D eigenvalue weighted by molar-refractivity contribution is 5.73. The quantitative estimate of drug-likeness (QED) is 0.573. The Kier molecular flexibility index (Phi) is 4.35. The summed E-state index contributed by atoms with van der Waals surface area (Å²) in [7, 11) is 0. The van der Waals surface area contributed by atoms with Gasteiger partial charge in [0.15, 0.2) is 0 Å². The Labute approximate surface area is 84.3 Å². The van der Waals surface area contributed by atoms with Crippen LogP contribution >= 0.6 is 0 Å². The summed E-state index contributed by atoms with van der Waals surface area (Å²) in [5, 5.41) is 10.1. The fourth-order valence-electron chi connectivity index (χ4n) is 0.587. The molecule has 1 aliphatic rings. The summed E-state index contributed by atoms with van der Waals surface area (Å²) in [6, 6.07) is 0. The summed E-state index contributed by atoms with van der Waals surface area (Å²) in [4.78, 5) is 8.90. The second-order valence-electron chi connectivity index (χ2n) is 2.95. The number of carboxylic acid groups (broad SMARTS) is 1. The number of hydrogen-bond acceptors (Lipinski definition) is 3. The highest BCUT2D eigenvalue weighted by Crippen LogP contribution is 2.13. The third-order valence-corrected chi connectivity index (χ3v) is 1.29. The maximum Gasteiger partial charge on any atom is 0.490 e. The number of carbonyl (C=O) groups is 1. The lowest BCUT2D eigenvalue weighted by molar-refractivity contribution is -0.192. The van der Waals surface area contributed by atoms with Crippen LogP contribution in [0.4, 0.5) is 13.2 Å². The van der Waals surface area contributed by atoms with E-state index in [1.807, 2.05) is 31.4 Å². The van der Waals surface area contributed by atoms with Gasteiger partial charge < -0.3 is 16.2 Å². The van der Waals surface area contributed by atoms with Crippen LogP contribution in [-0.2, 0) is 4.79 Å². The Morgan fingerprint density at radius 1 is 1.47 bits per heavy atom. The molecular weight excluding hydrogens is 213 g/mol. The van der Waals surface area contributed by atoms with Crippen LogP contribution in [0.5, 0.6) is 0 Å². The first kappa shape index (κ1) is 13.5. The van der Waals surface area contributed by atoms with E-state index in [0.29, 0.717) is 0 Å². The molecule has 0 radical (unpaired) electrons. The number of dihydropyridines is 1. The number of allylic oxidation sites excluding steroid dienone is 2. The molecule has 0 aromatic carbocycles. The standard InChI is InChI=1S/C6H10N2.C2HF3O2/c1-6(7)4-2-3-5-8-6;3-2(4,5)1(6)7/h2-5,8H,7H2,1H3;(H,6,7). The molecule has 0 fully saturated rings. The SMILES string of the molecule is CC1(N)C=CC=CN1.O=C(O)C(F)(F)F. The minimum atomic E-state index is -5.08. The van der Waals surface area contributed by atoms with E-state index < -0.39 is 12.1 Å². The first-order valence-electron chi connectivity index (χ1n) is 3.86. The Bertz CT molecular complexity index is 282. The Morgan fingerprint density at radius 3 is 2.07 bits per heavy atom. The average Bonchev–Trinajstić information content (AvgIpc) is 2.02. The highest BCUT2D eigenvalue weighted by Gasteiger charge is 2.38. The van der Waals surface area contributed by atoms with Crippen molar-refractivity contribution in [2.75, 3.05) is 0 Å². The Hall–Kier alpha value is -1.50. The van der Waals surface area contributed by atoms with Crippen molar-refractivity contribution >= 4 is 5.97 Å². The van der Waals surface area contributed by atoms with Crippen LogP contribution in [0.2, 0.25) is 0 Å². The molecule has 1 rings (SSSR count). The van der Waals surface area contributed by atoms with Gasteiger partial charge in [-0.3, -0.25) is 0 Å². The van der Waals surface area contributed by atoms with Gasteiger partial charge in [0.2, 0.25) is 0 Å². The molecule has 0 spiro atoms. The monoisotopic (exact) mass is 224 g/mol. The normalized spacial score (nSPS) is 23.8. The number of alkyl halides is 3. The molecule has 4 nitrogen and oxygen atoms in total. The third kappa shape index (κ3) is 6.55. The van der Waals surface area contributed by atoms with Crippen molar-refractivity contribution in [1.29, 1.82) is 0 Å². The van der Waals surface area contributed by atoms with Crippen molar-refractivity contribution in [2.45, 2.75) is 18.8 Å². The van der Waals surface area contributed by atoms with E-state index in [1.54, 1.807) is 0 Å². The summed E-state index contributed by atoms with van der Waals surface area (Å²) in [6.07, 6.45) is 2.50. The first-order chi connectivity index (χ1) is 6.65. The van der Waals surface area contributed by atoms with Gasteiger partial charge in [-0.25, -0.2) is 4.79 Å². The van der Waals surface area contributed by atoms with Crippen molar-refractivity contribution in [3.63, 3.8) is 0 Å². The van der Waals surface area contributed by atoms with E-state index in [0.717, 1.165) is 0 Å². The number of rotatable bonds is 0. The molecule has 86 valence electrons. The zero-order valence-corrected chi connectivity index (χ0v) is 7.88. The van der Waals surface area contributed by atoms with E-state index in [2.05, 4.69) is 5.32 Å². The highest BCUT2D eigenvalue weighted by atomic mass is 19.4. The van der Waals surface area contributed by atoms with Gasteiger partial charge in [-0.2, -0.15) is 13.2 Å². The number of nitrogens with one attached hydrogen (secondary N) is 1. The molecule has 15 heavy (non-hydrogen) atoms. The Morgan fingerprint density at radius 2 is 1.93 bits per heavy atom. The number of carboxylic acids is 1. The molecule has 4 N–H and O–H groups in total. The predicted molar refractivity (Wildman–Crippen MR) is 47.7 cm³/mol. The molecule has 0 saturated heterocycles. The molecule has 0 aliphatic carbocycles. The molecule has 7 heteroatoms. The van der Waals surface area contributed by atoms with Crippen LogP contribution in [-0.4, -0.2) is 22.9 Å². The van der Waals surface area contributed by atoms with Crippen molar-refractivity contribution in [3.05, 3.63) is 24.4 Å². The molecule has 1 atom stereocenters. The molecule has 0 saturated carbocycles. The lowest BCUT2D eigenvalue weighted by Crippen LogP contribution is -2.46. The van der Waals surface area contributed by atoms with Crippen LogP contribution in [0, 0.1) is 0 Å². The summed E-state index contributed by atoms with van der Waals surface area (Å²) >= 11 is 0. The average molecular weight is 224 g/mol. The minimum Gasteiger partial charge on any atom is -0.475 e. The van der Waals surface area contributed by atoms with Crippen LogP contribution in [0.1, 0.15) is 6.92 Å². The lowest BCUT2D eigenvalue weighted by Gasteiger charge is -2.22. The number of aliphatic carboxylic acids is 1. The summed E-state index contributed by atoms with van der Waals surface area (Å²) in [5.41, 5.74) is 5.29. The van der Waals surface area contributed by atoms with Gasteiger partial charge in [0, 0.05) is 0 Å². The third-order valence-electron chi connectivity index (χ3n) is 1.29. The zero-order valence-electron chi connectivity index (χ0n) is 7.88. The summed E-state index contributed by atoms with van der Waals surface area (Å²) in [6.45, 7) is 1.91. The van der Waals surface area contributed by atoms with Crippen molar-refractivity contribution < 1.29 is 23.1 Å². The summed E-state index contributed by atoms with van der Waals surface area (Å²) < 4.78 is 31.7. The molecule has 0 aromatic heterocycles. The van der Waals surface area contributed by atoms with Crippen molar-refractivity contribution in [3.8, 4) is 0 Å². The van der Waals surface area contributed by atoms with Crippen LogP contribution < -0.4 is 11.1 Å². The predicted octanol–water partition coefficient (Wildman–Crippen LogP) is 0.968. The minimum absolute atomic E-state index is 0.339. The molecule has 1 unspecified atom stereocenters. The molecule has 1 aliphatic heterocycles.